The monoisotopic (exact) mass is 337 g/mol. The number of carboxylic acid groups (broad SMARTS) is 1. The van der Waals surface area contributed by atoms with E-state index in [1.165, 1.54) is 13.8 Å². The summed E-state index contributed by atoms with van der Waals surface area (Å²) in [6.07, 6.45) is 1.70. The van der Waals surface area contributed by atoms with E-state index in [0.29, 0.717) is 11.1 Å². The number of pyridine rings is 1. The number of rotatable bonds is 4. The van der Waals surface area contributed by atoms with Crippen molar-refractivity contribution in [2.45, 2.75) is 26.4 Å². The summed E-state index contributed by atoms with van der Waals surface area (Å²) in [5.74, 6) is -0.734. The molecule has 0 bridgehead atoms. The maximum absolute atomic E-state index is 12.3. The van der Waals surface area contributed by atoms with E-state index >= 15 is 0 Å². The molecule has 1 aromatic heterocycles. The van der Waals surface area contributed by atoms with Gasteiger partial charge in [-0.15, -0.1) is 0 Å². The Hall–Kier alpha value is -3.08. The van der Waals surface area contributed by atoms with E-state index in [1.807, 2.05) is 31.2 Å². The lowest BCUT2D eigenvalue weighted by Gasteiger charge is -2.21. The fraction of sp³-hybridized carbons (Fsp3) is 0.200. The van der Waals surface area contributed by atoms with Gasteiger partial charge in [-0.1, -0.05) is 24.3 Å². The quantitative estimate of drug-likeness (QED) is 0.760. The van der Waals surface area contributed by atoms with Gasteiger partial charge in [0.25, 0.3) is 5.56 Å². The lowest BCUT2D eigenvalue weighted by molar-refractivity contribution is -0.152. The van der Waals surface area contributed by atoms with Gasteiger partial charge in [0.2, 0.25) is 0 Å². The number of hydrogen-bond acceptors (Lipinski definition) is 3. The molecule has 0 aliphatic carbocycles. The van der Waals surface area contributed by atoms with E-state index in [9.17, 15) is 14.7 Å². The van der Waals surface area contributed by atoms with E-state index in [4.69, 9.17) is 4.74 Å². The Labute approximate surface area is 144 Å². The van der Waals surface area contributed by atoms with Crippen molar-refractivity contribution in [3.8, 4) is 16.9 Å². The third-order valence-electron chi connectivity index (χ3n) is 4.20. The molecule has 0 saturated carbocycles. The Bertz CT molecular complexity index is 1020. The number of aliphatic carboxylic acids is 1. The predicted molar refractivity (Wildman–Crippen MR) is 97.1 cm³/mol. The van der Waals surface area contributed by atoms with Gasteiger partial charge in [-0.3, -0.25) is 4.79 Å². The molecule has 0 radical (unpaired) electrons. The Morgan fingerprint density at radius 2 is 1.80 bits per heavy atom. The summed E-state index contributed by atoms with van der Waals surface area (Å²) < 4.78 is 5.54. The number of carboxylic acids is 1. The van der Waals surface area contributed by atoms with Crippen molar-refractivity contribution in [1.82, 2.24) is 4.98 Å². The van der Waals surface area contributed by atoms with Crippen LogP contribution < -0.4 is 10.3 Å². The summed E-state index contributed by atoms with van der Waals surface area (Å²) in [6, 6.07) is 13.0. The number of benzene rings is 2. The summed E-state index contributed by atoms with van der Waals surface area (Å²) in [6.45, 7) is 4.94. The van der Waals surface area contributed by atoms with Crippen LogP contribution in [0, 0.1) is 6.92 Å². The first-order valence-electron chi connectivity index (χ1n) is 7.93. The fourth-order valence-electron chi connectivity index (χ4n) is 2.74. The highest BCUT2D eigenvalue weighted by Crippen LogP contribution is 2.31. The van der Waals surface area contributed by atoms with Gasteiger partial charge in [-0.05, 0) is 55.5 Å². The van der Waals surface area contributed by atoms with Crippen LogP contribution in [0.1, 0.15) is 19.4 Å². The van der Waals surface area contributed by atoms with E-state index in [2.05, 4.69) is 4.98 Å². The van der Waals surface area contributed by atoms with Crippen molar-refractivity contribution >= 4 is 16.7 Å². The molecule has 0 unspecified atom stereocenters. The van der Waals surface area contributed by atoms with Crippen molar-refractivity contribution < 1.29 is 14.6 Å². The normalized spacial score (nSPS) is 11.5. The summed E-state index contributed by atoms with van der Waals surface area (Å²) in [4.78, 5) is 26.3. The van der Waals surface area contributed by atoms with Crippen LogP contribution in [0.3, 0.4) is 0 Å². The number of aryl methyl sites for hydroxylation is 1. The number of nitrogens with one attached hydrogen (secondary N) is 1. The summed E-state index contributed by atoms with van der Waals surface area (Å²) in [5.41, 5.74) is 1.42. The Morgan fingerprint density at radius 1 is 1.08 bits per heavy atom. The number of carbonyl (C=O) groups is 1. The number of H-pyrrole nitrogens is 1. The lowest BCUT2D eigenvalue weighted by Crippen LogP contribution is -2.37. The molecule has 0 aliphatic heterocycles. The predicted octanol–water partition coefficient (Wildman–Crippen LogP) is 3.75. The topological polar surface area (TPSA) is 79.4 Å². The molecule has 1 heterocycles. The largest absolute Gasteiger partial charge is 0.478 e. The maximum atomic E-state index is 12.3. The molecule has 0 spiro atoms. The van der Waals surface area contributed by atoms with Crippen LogP contribution in [0.2, 0.25) is 0 Å². The second kappa shape index (κ2) is 6.09. The third kappa shape index (κ3) is 3.13. The highest BCUT2D eigenvalue weighted by atomic mass is 16.5. The molecule has 0 atom stereocenters. The van der Waals surface area contributed by atoms with Crippen molar-refractivity contribution in [1.29, 1.82) is 0 Å². The Balaban J connectivity index is 2.16. The second-order valence-electron chi connectivity index (χ2n) is 6.47. The Kier molecular flexibility index (Phi) is 4.08. The molecule has 0 amide bonds. The standard InChI is InChI=1S/C20H19NO4/c1-12-6-4-5-7-14(12)17-11-21-18(22)16-10-13(8-9-15(16)17)25-20(2,3)19(23)24/h4-11H,1-3H3,(H,21,22)(H,23,24). The molecule has 25 heavy (non-hydrogen) atoms. The average molecular weight is 337 g/mol. The number of ether oxygens (including phenoxy) is 1. The zero-order valence-corrected chi connectivity index (χ0v) is 14.3. The van der Waals surface area contributed by atoms with Crippen LogP contribution in [0.4, 0.5) is 0 Å². The number of hydrogen-bond donors (Lipinski definition) is 2. The molecule has 3 rings (SSSR count). The molecular weight excluding hydrogens is 318 g/mol. The molecule has 2 N–H and O–H groups in total. The number of fused-ring (bicyclic) bond motifs is 1. The highest BCUT2D eigenvalue weighted by Gasteiger charge is 2.29. The fourth-order valence-corrected chi connectivity index (χ4v) is 2.74. The van der Waals surface area contributed by atoms with Gasteiger partial charge in [0.1, 0.15) is 5.75 Å². The SMILES string of the molecule is Cc1ccccc1-c1c[nH]c(=O)c2cc(OC(C)(C)C(=O)O)ccc12. The van der Waals surface area contributed by atoms with Gasteiger partial charge >= 0.3 is 5.97 Å². The van der Waals surface area contributed by atoms with Gasteiger partial charge in [0.15, 0.2) is 5.60 Å². The maximum Gasteiger partial charge on any atom is 0.347 e. The third-order valence-corrected chi connectivity index (χ3v) is 4.20. The van der Waals surface area contributed by atoms with Crippen LogP contribution in [0.25, 0.3) is 21.9 Å². The van der Waals surface area contributed by atoms with Crippen LogP contribution >= 0.6 is 0 Å². The number of aromatic amines is 1. The van der Waals surface area contributed by atoms with Crippen LogP contribution in [0.5, 0.6) is 5.75 Å². The first-order valence-corrected chi connectivity index (χ1v) is 7.93. The first kappa shape index (κ1) is 16.8. The van der Waals surface area contributed by atoms with E-state index < -0.39 is 11.6 Å². The molecule has 3 aromatic rings. The zero-order chi connectivity index (χ0) is 18.2. The van der Waals surface area contributed by atoms with Gasteiger partial charge in [-0.25, -0.2) is 4.79 Å². The van der Waals surface area contributed by atoms with Crippen molar-refractivity contribution in [3.63, 3.8) is 0 Å². The summed E-state index contributed by atoms with van der Waals surface area (Å²) >= 11 is 0. The number of aromatic nitrogens is 1. The first-order chi connectivity index (χ1) is 11.8. The summed E-state index contributed by atoms with van der Waals surface area (Å²) in [5, 5.41) is 10.4. The van der Waals surface area contributed by atoms with Gasteiger partial charge in [0, 0.05) is 11.8 Å². The van der Waals surface area contributed by atoms with Crippen molar-refractivity contribution in [2.24, 2.45) is 0 Å². The van der Waals surface area contributed by atoms with Crippen molar-refractivity contribution in [3.05, 3.63) is 64.6 Å². The Morgan fingerprint density at radius 3 is 2.48 bits per heavy atom. The zero-order valence-electron chi connectivity index (χ0n) is 14.3. The van der Waals surface area contributed by atoms with E-state index in [0.717, 1.165) is 22.1 Å². The minimum absolute atomic E-state index is 0.245. The molecule has 2 aromatic carbocycles. The minimum atomic E-state index is -1.38. The second-order valence-corrected chi connectivity index (χ2v) is 6.47. The van der Waals surface area contributed by atoms with Gasteiger partial charge in [0.05, 0.1) is 5.39 Å². The molecule has 128 valence electrons. The van der Waals surface area contributed by atoms with Crippen LogP contribution in [0.15, 0.2) is 53.5 Å². The van der Waals surface area contributed by atoms with Gasteiger partial charge in [-0.2, -0.15) is 0 Å². The van der Waals surface area contributed by atoms with E-state index in [1.54, 1.807) is 24.4 Å². The molecule has 5 nitrogen and oxygen atoms in total. The lowest BCUT2D eigenvalue weighted by atomic mass is 9.97. The molecule has 0 fully saturated rings. The molecule has 0 saturated heterocycles. The average Bonchev–Trinajstić information content (AvgIpc) is 2.56. The summed E-state index contributed by atoms with van der Waals surface area (Å²) in [7, 11) is 0. The van der Waals surface area contributed by atoms with Crippen LogP contribution in [-0.4, -0.2) is 21.7 Å². The van der Waals surface area contributed by atoms with Crippen LogP contribution in [-0.2, 0) is 4.79 Å². The van der Waals surface area contributed by atoms with Crippen molar-refractivity contribution in [2.75, 3.05) is 0 Å². The molecule has 0 aliphatic rings. The van der Waals surface area contributed by atoms with Gasteiger partial charge < -0.3 is 14.8 Å². The van der Waals surface area contributed by atoms with E-state index in [-0.39, 0.29) is 5.56 Å². The molecular formula is C20H19NO4. The highest BCUT2D eigenvalue weighted by molar-refractivity contribution is 5.97. The minimum Gasteiger partial charge on any atom is -0.478 e. The smallest absolute Gasteiger partial charge is 0.347 e. The molecule has 5 heteroatoms.